The Hall–Kier alpha value is -0.780. The summed E-state index contributed by atoms with van der Waals surface area (Å²) in [5.41, 5.74) is 1.01. The molecule has 0 bridgehead atoms. The summed E-state index contributed by atoms with van der Waals surface area (Å²) in [6.45, 7) is 1.80. The van der Waals surface area contributed by atoms with E-state index in [-0.39, 0.29) is 0 Å². The van der Waals surface area contributed by atoms with Gasteiger partial charge in [-0.1, -0.05) is 17.5 Å². The van der Waals surface area contributed by atoms with E-state index in [9.17, 15) is 0 Å². The van der Waals surface area contributed by atoms with Crippen molar-refractivity contribution in [1.29, 1.82) is 0 Å². The summed E-state index contributed by atoms with van der Waals surface area (Å²) in [5.74, 6) is 2.77. The van der Waals surface area contributed by atoms with Crippen molar-refractivity contribution in [2.45, 2.75) is 6.92 Å². The molecule has 1 aromatic carbocycles. The normalized spacial score (nSPS) is 8.50. The summed E-state index contributed by atoms with van der Waals surface area (Å²) in [7, 11) is 0. The smallest absolute Gasteiger partial charge is 0.0449 e. The van der Waals surface area contributed by atoms with Crippen LogP contribution < -0.4 is 4.72 Å². The second kappa shape index (κ2) is 4.97. The average Bonchev–Trinajstić information content (AvgIpc) is 2.09. The highest BCUT2D eigenvalue weighted by atomic mass is 35.5. The van der Waals surface area contributed by atoms with Crippen LogP contribution in [-0.2, 0) is 0 Å². The Balaban J connectivity index is 2.51. The van der Waals surface area contributed by atoms with Gasteiger partial charge in [-0.05, 0) is 36.4 Å². The van der Waals surface area contributed by atoms with Crippen LogP contribution >= 0.6 is 23.5 Å². The molecule has 0 aromatic heterocycles. The van der Waals surface area contributed by atoms with Crippen LogP contribution in [0.1, 0.15) is 6.92 Å². The van der Waals surface area contributed by atoms with Gasteiger partial charge in [0, 0.05) is 22.7 Å². The molecule has 12 heavy (non-hydrogen) atoms. The summed E-state index contributed by atoms with van der Waals surface area (Å²) >= 11 is 7.07. The molecule has 0 aliphatic carbocycles. The lowest BCUT2D eigenvalue weighted by atomic mass is 10.3. The van der Waals surface area contributed by atoms with E-state index in [2.05, 4.69) is 15.9 Å². The van der Waals surface area contributed by atoms with Crippen LogP contribution in [-0.4, -0.2) is 0 Å². The third kappa shape index (κ3) is 3.08. The van der Waals surface area contributed by atoms with E-state index in [4.69, 9.17) is 11.6 Å². The minimum absolute atomic E-state index is 0.743. The molecule has 1 aromatic rings. The Bertz CT molecular complexity index is 297. The Morgan fingerprint density at radius 1 is 1.33 bits per heavy atom. The third-order valence-electron chi connectivity index (χ3n) is 1.17. The van der Waals surface area contributed by atoms with E-state index in [1.165, 1.54) is 11.9 Å². The Morgan fingerprint density at radius 3 is 2.58 bits per heavy atom. The lowest BCUT2D eigenvalue weighted by Crippen LogP contribution is -1.82. The standard InChI is InChI=1S/C9H8ClNS/c1-2-7-12-11-9-5-3-8(10)4-6-9/h3-6,11H,1H3. The molecule has 0 fully saturated rings. The van der Waals surface area contributed by atoms with Crippen LogP contribution in [0.25, 0.3) is 0 Å². The van der Waals surface area contributed by atoms with Crippen molar-refractivity contribution < 1.29 is 0 Å². The highest BCUT2D eigenvalue weighted by Crippen LogP contribution is 2.15. The SMILES string of the molecule is CC#CSNc1ccc(Cl)cc1. The zero-order valence-electron chi connectivity index (χ0n) is 6.60. The zero-order valence-corrected chi connectivity index (χ0v) is 8.17. The van der Waals surface area contributed by atoms with Gasteiger partial charge in [0.1, 0.15) is 0 Å². The first-order valence-corrected chi connectivity index (χ1v) is 4.61. The van der Waals surface area contributed by atoms with Crippen molar-refractivity contribution in [3.05, 3.63) is 29.3 Å². The first-order valence-electron chi connectivity index (χ1n) is 3.42. The van der Waals surface area contributed by atoms with Crippen LogP contribution in [0.15, 0.2) is 24.3 Å². The summed E-state index contributed by atoms with van der Waals surface area (Å²) in [6, 6.07) is 7.49. The van der Waals surface area contributed by atoms with Crippen molar-refractivity contribution >= 4 is 29.2 Å². The van der Waals surface area contributed by atoms with Crippen molar-refractivity contribution in [2.75, 3.05) is 4.72 Å². The van der Waals surface area contributed by atoms with Gasteiger partial charge in [-0.2, -0.15) is 0 Å². The predicted octanol–water partition coefficient (Wildman–Crippen LogP) is 3.38. The molecule has 62 valence electrons. The van der Waals surface area contributed by atoms with Crippen LogP contribution in [0.3, 0.4) is 0 Å². The van der Waals surface area contributed by atoms with Gasteiger partial charge in [-0.15, -0.1) is 0 Å². The van der Waals surface area contributed by atoms with Crippen LogP contribution in [0.5, 0.6) is 0 Å². The highest BCUT2D eigenvalue weighted by molar-refractivity contribution is 8.05. The monoisotopic (exact) mass is 197 g/mol. The minimum atomic E-state index is 0.743. The van der Waals surface area contributed by atoms with Crippen molar-refractivity contribution in [2.24, 2.45) is 0 Å². The molecular formula is C9H8ClNS. The van der Waals surface area contributed by atoms with Gasteiger partial charge in [0.05, 0.1) is 0 Å². The number of hydrogen-bond donors (Lipinski definition) is 1. The van der Waals surface area contributed by atoms with E-state index >= 15 is 0 Å². The fourth-order valence-corrected chi connectivity index (χ4v) is 1.19. The van der Waals surface area contributed by atoms with Gasteiger partial charge < -0.3 is 4.72 Å². The lowest BCUT2D eigenvalue weighted by molar-refractivity contribution is 1.68. The van der Waals surface area contributed by atoms with E-state index < -0.39 is 0 Å². The van der Waals surface area contributed by atoms with Crippen LogP contribution in [0.4, 0.5) is 5.69 Å². The largest absolute Gasteiger partial charge is 0.319 e. The van der Waals surface area contributed by atoms with Crippen LogP contribution in [0.2, 0.25) is 5.02 Å². The number of hydrogen-bond acceptors (Lipinski definition) is 2. The van der Waals surface area contributed by atoms with Gasteiger partial charge in [0.15, 0.2) is 0 Å². The maximum Gasteiger partial charge on any atom is 0.0449 e. The molecule has 0 heterocycles. The molecule has 0 unspecified atom stereocenters. The molecule has 0 spiro atoms. The molecule has 0 radical (unpaired) electrons. The first kappa shape index (κ1) is 9.31. The van der Waals surface area contributed by atoms with Gasteiger partial charge in [-0.25, -0.2) is 0 Å². The molecule has 3 heteroatoms. The summed E-state index contributed by atoms with van der Waals surface area (Å²) in [5, 5.41) is 3.58. The number of halogens is 1. The highest BCUT2D eigenvalue weighted by Gasteiger charge is 1.89. The Kier molecular flexibility index (Phi) is 3.86. The molecule has 0 aliphatic heterocycles. The van der Waals surface area contributed by atoms with E-state index in [1.807, 2.05) is 24.3 Å². The lowest BCUT2D eigenvalue weighted by Gasteiger charge is -1.99. The molecule has 1 N–H and O–H groups in total. The molecule has 0 saturated heterocycles. The maximum atomic E-state index is 5.71. The van der Waals surface area contributed by atoms with Crippen molar-refractivity contribution in [1.82, 2.24) is 0 Å². The van der Waals surface area contributed by atoms with Gasteiger partial charge in [-0.3, -0.25) is 0 Å². The summed E-state index contributed by atoms with van der Waals surface area (Å²) in [4.78, 5) is 0. The predicted molar refractivity (Wildman–Crippen MR) is 56.1 cm³/mol. The van der Waals surface area contributed by atoms with E-state index in [0.717, 1.165) is 10.7 Å². The van der Waals surface area contributed by atoms with Crippen molar-refractivity contribution in [3.8, 4) is 11.2 Å². The molecule has 0 aliphatic rings. The zero-order chi connectivity index (χ0) is 8.81. The summed E-state index contributed by atoms with van der Waals surface area (Å²) < 4.78 is 3.06. The van der Waals surface area contributed by atoms with E-state index in [0.29, 0.717) is 0 Å². The first-order chi connectivity index (χ1) is 5.83. The average molecular weight is 198 g/mol. The second-order valence-electron chi connectivity index (χ2n) is 2.06. The topological polar surface area (TPSA) is 12.0 Å². The number of rotatable bonds is 2. The molecule has 0 atom stereocenters. The molecule has 0 amide bonds. The fourth-order valence-electron chi connectivity index (χ4n) is 0.653. The van der Waals surface area contributed by atoms with Gasteiger partial charge in [0.2, 0.25) is 0 Å². The quantitative estimate of drug-likeness (QED) is 0.576. The maximum absolute atomic E-state index is 5.71. The van der Waals surface area contributed by atoms with Crippen molar-refractivity contribution in [3.63, 3.8) is 0 Å². The molecular weight excluding hydrogens is 190 g/mol. The minimum Gasteiger partial charge on any atom is -0.319 e. The fraction of sp³-hybridized carbons (Fsp3) is 0.111. The summed E-state index contributed by atoms with van der Waals surface area (Å²) in [6.07, 6.45) is 0. The number of benzene rings is 1. The van der Waals surface area contributed by atoms with E-state index in [1.54, 1.807) is 6.92 Å². The van der Waals surface area contributed by atoms with Gasteiger partial charge in [0.25, 0.3) is 0 Å². The molecule has 1 nitrogen and oxygen atoms in total. The number of nitrogens with one attached hydrogen (secondary N) is 1. The molecule has 1 rings (SSSR count). The third-order valence-corrected chi connectivity index (χ3v) is 2.06. The van der Waals surface area contributed by atoms with Crippen LogP contribution in [0, 0.1) is 11.2 Å². The Labute approximate surface area is 81.6 Å². The Morgan fingerprint density at radius 2 is 2.00 bits per heavy atom. The molecule has 0 saturated carbocycles. The number of anilines is 1. The second-order valence-corrected chi connectivity index (χ2v) is 3.11. The van der Waals surface area contributed by atoms with Gasteiger partial charge >= 0.3 is 0 Å².